The molecular weight excluding hydrogens is 304 g/mol. The van der Waals surface area contributed by atoms with Gasteiger partial charge in [-0.1, -0.05) is 42.5 Å². The average molecular weight is 322 g/mol. The van der Waals surface area contributed by atoms with E-state index >= 15 is 0 Å². The Morgan fingerprint density at radius 3 is 2.17 bits per heavy atom. The Labute approximate surface area is 139 Å². The van der Waals surface area contributed by atoms with E-state index in [0.29, 0.717) is 0 Å². The Kier molecular flexibility index (Phi) is 2.65. The lowest BCUT2D eigenvalue weighted by atomic mass is 9.85. The number of rotatable bonds is 3. The van der Waals surface area contributed by atoms with E-state index in [0.717, 1.165) is 23.4 Å². The molecule has 4 aliphatic rings. The van der Waals surface area contributed by atoms with E-state index in [9.17, 15) is 14.4 Å². The number of nitrogens with one attached hydrogen (secondary N) is 1. The number of hydrogen-bond donors (Lipinski definition) is 1. The monoisotopic (exact) mass is 322 g/mol. The molecule has 1 aromatic carbocycles. The molecule has 1 aliphatic heterocycles. The molecule has 1 spiro atoms. The highest BCUT2D eigenvalue weighted by Gasteiger charge is 2.73. The number of hydrazine groups is 1. The van der Waals surface area contributed by atoms with Crippen molar-refractivity contribution in [1.82, 2.24) is 10.4 Å². The van der Waals surface area contributed by atoms with Gasteiger partial charge in [0.15, 0.2) is 0 Å². The molecule has 1 N–H and O–H groups in total. The zero-order valence-electron chi connectivity index (χ0n) is 13.1. The highest BCUT2D eigenvalue weighted by Crippen LogP contribution is 2.73. The lowest BCUT2D eigenvalue weighted by molar-refractivity contribution is -0.150. The van der Waals surface area contributed by atoms with Crippen LogP contribution in [0.2, 0.25) is 0 Å². The maximum atomic E-state index is 12.7. The van der Waals surface area contributed by atoms with Crippen LogP contribution in [0.1, 0.15) is 18.4 Å². The lowest BCUT2D eigenvalue weighted by Crippen LogP contribution is -2.48. The van der Waals surface area contributed by atoms with E-state index < -0.39 is 0 Å². The molecule has 122 valence electrons. The number of imide groups is 1. The molecule has 0 aromatic heterocycles. The Morgan fingerprint density at radius 2 is 1.62 bits per heavy atom. The maximum absolute atomic E-state index is 12.7. The second-order valence-electron chi connectivity index (χ2n) is 7.43. The summed E-state index contributed by atoms with van der Waals surface area (Å²) < 4.78 is 0. The normalized spacial score (nSPS) is 34.1. The third kappa shape index (κ3) is 1.67. The Morgan fingerprint density at radius 1 is 1.04 bits per heavy atom. The van der Waals surface area contributed by atoms with Crippen molar-refractivity contribution in [3.63, 3.8) is 0 Å². The molecule has 3 fully saturated rings. The Bertz CT molecular complexity index is 747. The summed E-state index contributed by atoms with van der Waals surface area (Å²) in [6.45, 7) is 0. The van der Waals surface area contributed by atoms with Crippen molar-refractivity contribution >= 4 is 17.7 Å². The Balaban J connectivity index is 1.33. The van der Waals surface area contributed by atoms with Crippen LogP contribution in [0.3, 0.4) is 0 Å². The zero-order valence-corrected chi connectivity index (χ0v) is 13.1. The summed E-state index contributed by atoms with van der Waals surface area (Å²) >= 11 is 0. The molecule has 2 bridgehead atoms. The molecule has 4 atom stereocenters. The first-order valence-corrected chi connectivity index (χ1v) is 8.51. The number of hydrogen-bond acceptors (Lipinski definition) is 3. The summed E-state index contributed by atoms with van der Waals surface area (Å²) in [6.07, 6.45) is 6.63. The van der Waals surface area contributed by atoms with Crippen LogP contribution in [-0.4, -0.2) is 22.7 Å². The van der Waals surface area contributed by atoms with Gasteiger partial charge in [-0.05, 0) is 35.7 Å². The third-order valence-corrected chi connectivity index (χ3v) is 6.30. The van der Waals surface area contributed by atoms with Gasteiger partial charge in [-0.2, -0.15) is 5.01 Å². The van der Waals surface area contributed by atoms with E-state index in [2.05, 4.69) is 17.6 Å². The summed E-state index contributed by atoms with van der Waals surface area (Å²) in [4.78, 5) is 37.7. The van der Waals surface area contributed by atoms with Crippen LogP contribution in [0.15, 0.2) is 42.5 Å². The van der Waals surface area contributed by atoms with Crippen molar-refractivity contribution in [1.29, 1.82) is 0 Å². The van der Waals surface area contributed by atoms with Crippen molar-refractivity contribution in [3.05, 3.63) is 48.0 Å². The molecule has 1 heterocycles. The van der Waals surface area contributed by atoms with E-state index in [-0.39, 0.29) is 53.2 Å². The predicted octanol–water partition coefficient (Wildman–Crippen LogP) is 1.46. The van der Waals surface area contributed by atoms with Crippen molar-refractivity contribution in [3.8, 4) is 0 Å². The maximum Gasteiger partial charge on any atom is 0.252 e. The number of fused-ring (bicyclic) bond motifs is 3. The van der Waals surface area contributed by atoms with Gasteiger partial charge in [0.25, 0.3) is 11.8 Å². The second kappa shape index (κ2) is 4.56. The molecule has 3 aliphatic carbocycles. The SMILES string of the molecule is O=C(Cc1ccccc1)NN1C(=O)[C@@H]2[C@H](C1=O)[C@H]1C=C[C@H]2C12CC2. The minimum absolute atomic E-state index is 0.155. The number of nitrogens with zero attached hydrogens (tertiary/aromatic N) is 1. The quantitative estimate of drug-likeness (QED) is 0.677. The van der Waals surface area contributed by atoms with Crippen LogP contribution in [-0.2, 0) is 20.8 Å². The summed E-state index contributed by atoms with van der Waals surface area (Å²) in [7, 11) is 0. The van der Waals surface area contributed by atoms with Gasteiger partial charge in [0.1, 0.15) is 0 Å². The number of carbonyl (C=O) groups is 3. The van der Waals surface area contributed by atoms with Gasteiger partial charge in [-0.3, -0.25) is 19.8 Å². The first kappa shape index (κ1) is 14.0. The standard InChI is InChI=1S/C19H18N2O3/c22-14(10-11-4-2-1-3-5-11)20-21-17(23)15-12-6-7-13(16(15)18(21)24)19(12)8-9-19/h1-7,12-13,15-16H,8-10H2,(H,20,22)/t12-,13-,15-,16+/m1/s1. The fourth-order valence-electron chi connectivity index (χ4n) is 5.13. The van der Waals surface area contributed by atoms with Crippen molar-refractivity contribution in [2.45, 2.75) is 19.3 Å². The van der Waals surface area contributed by atoms with E-state index in [1.54, 1.807) is 0 Å². The van der Waals surface area contributed by atoms with Crippen LogP contribution in [0.4, 0.5) is 0 Å². The van der Waals surface area contributed by atoms with Crippen molar-refractivity contribution < 1.29 is 14.4 Å². The third-order valence-electron chi connectivity index (χ3n) is 6.30. The van der Waals surface area contributed by atoms with Crippen LogP contribution in [0, 0.1) is 29.1 Å². The Hall–Kier alpha value is -2.43. The minimum Gasteiger partial charge on any atom is -0.273 e. The molecule has 0 radical (unpaired) electrons. The summed E-state index contributed by atoms with van der Waals surface area (Å²) in [5.74, 6) is -0.965. The molecule has 24 heavy (non-hydrogen) atoms. The number of benzene rings is 1. The van der Waals surface area contributed by atoms with Gasteiger partial charge in [-0.25, -0.2) is 0 Å². The lowest BCUT2D eigenvalue weighted by Gasteiger charge is -2.22. The first-order valence-electron chi connectivity index (χ1n) is 8.51. The summed E-state index contributed by atoms with van der Waals surface area (Å²) in [5.41, 5.74) is 3.58. The molecule has 2 saturated carbocycles. The van der Waals surface area contributed by atoms with Gasteiger partial charge >= 0.3 is 0 Å². The van der Waals surface area contributed by atoms with Crippen LogP contribution in [0.25, 0.3) is 0 Å². The average Bonchev–Trinajstić information content (AvgIpc) is 3.19. The molecule has 3 amide bonds. The van der Waals surface area contributed by atoms with Crippen LogP contribution < -0.4 is 5.43 Å². The molecule has 5 rings (SSSR count). The van der Waals surface area contributed by atoms with Crippen LogP contribution >= 0.6 is 0 Å². The molecule has 5 nitrogen and oxygen atoms in total. The second-order valence-corrected chi connectivity index (χ2v) is 7.43. The minimum atomic E-state index is -0.329. The first-order chi connectivity index (χ1) is 11.6. The van der Waals surface area contributed by atoms with Gasteiger partial charge in [0, 0.05) is 0 Å². The topological polar surface area (TPSA) is 66.5 Å². The van der Waals surface area contributed by atoms with E-state index in [1.807, 2.05) is 30.3 Å². The number of carbonyl (C=O) groups excluding carboxylic acids is 3. The van der Waals surface area contributed by atoms with Gasteiger partial charge < -0.3 is 0 Å². The molecule has 1 saturated heterocycles. The molecule has 1 aromatic rings. The number of allylic oxidation sites excluding steroid dienone is 2. The van der Waals surface area contributed by atoms with E-state index in [4.69, 9.17) is 0 Å². The van der Waals surface area contributed by atoms with Crippen LogP contribution in [0.5, 0.6) is 0 Å². The summed E-state index contributed by atoms with van der Waals surface area (Å²) in [6, 6.07) is 9.30. The molecule has 0 unspecified atom stereocenters. The van der Waals surface area contributed by atoms with Crippen molar-refractivity contribution in [2.24, 2.45) is 29.1 Å². The fourth-order valence-corrected chi connectivity index (χ4v) is 5.13. The molecular formula is C19H18N2O3. The smallest absolute Gasteiger partial charge is 0.252 e. The number of amides is 3. The van der Waals surface area contributed by atoms with Crippen molar-refractivity contribution in [2.75, 3.05) is 0 Å². The predicted molar refractivity (Wildman–Crippen MR) is 84.9 cm³/mol. The fraction of sp³-hybridized carbons (Fsp3) is 0.421. The highest BCUT2D eigenvalue weighted by atomic mass is 16.2. The molecule has 5 heteroatoms. The highest BCUT2D eigenvalue weighted by molar-refractivity contribution is 6.07. The summed E-state index contributed by atoms with van der Waals surface area (Å²) in [5, 5.41) is 0.989. The van der Waals surface area contributed by atoms with E-state index in [1.165, 1.54) is 0 Å². The van der Waals surface area contributed by atoms with Gasteiger partial charge in [0.05, 0.1) is 18.3 Å². The largest absolute Gasteiger partial charge is 0.273 e. The van der Waals surface area contributed by atoms with Gasteiger partial charge in [0.2, 0.25) is 5.91 Å². The zero-order chi connectivity index (χ0) is 16.5. The van der Waals surface area contributed by atoms with Gasteiger partial charge in [-0.15, -0.1) is 0 Å².